The number of nitrogens with two attached hydrogens (primary N) is 1. The van der Waals surface area contributed by atoms with Gasteiger partial charge in [-0.15, -0.1) is 0 Å². The second-order valence-electron chi connectivity index (χ2n) is 4.73. The zero-order chi connectivity index (χ0) is 12.6. The second-order valence-corrected chi connectivity index (χ2v) is 5.13. The summed E-state index contributed by atoms with van der Waals surface area (Å²) >= 11 is 6.22. The van der Waals surface area contributed by atoms with Crippen LogP contribution in [0.4, 0.5) is 5.69 Å². The van der Waals surface area contributed by atoms with Gasteiger partial charge in [-0.2, -0.15) is 0 Å². The molecule has 3 nitrogen and oxygen atoms in total. The van der Waals surface area contributed by atoms with Crippen LogP contribution in [0.3, 0.4) is 0 Å². The Balaban J connectivity index is 2.53. The van der Waals surface area contributed by atoms with Crippen LogP contribution in [0.1, 0.15) is 30.0 Å². The fourth-order valence-electron chi connectivity index (χ4n) is 2.24. The topological polar surface area (TPSA) is 55.1 Å². The van der Waals surface area contributed by atoms with Crippen molar-refractivity contribution in [3.05, 3.63) is 27.8 Å². The lowest BCUT2D eigenvalue weighted by Gasteiger charge is -2.23. The van der Waals surface area contributed by atoms with Gasteiger partial charge in [0.05, 0.1) is 0 Å². The normalized spacial score (nSPS) is 16.4. The number of anilines is 1. The average molecular weight is 253 g/mol. The van der Waals surface area contributed by atoms with Gasteiger partial charge in [0.2, 0.25) is 5.91 Å². The molecule has 0 saturated carbocycles. The maximum Gasteiger partial charge on any atom is 0.224 e. The Kier molecular flexibility index (Phi) is 3.40. The van der Waals surface area contributed by atoms with Gasteiger partial charge in [-0.05, 0) is 49.4 Å². The summed E-state index contributed by atoms with van der Waals surface area (Å²) in [5, 5.41) is 3.71. The average Bonchev–Trinajstić information content (AvgIpc) is 2.25. The van der Waals surface area contributed by atoms with Crippen LogP contribution < -0.4 is 11.1 Å². The van der Waals surface area contributed by atoms with E-state index in [0.29, 0.717) is 6.42 Å². The van der Waals surface area contributed by atoms with Crippen LogP contribution in [0.15, 0.2) is 6.07 Å². The molecule has 4 heteroatoms. The number of nitrogens with one attached hydrogen (secondary N) is 1. The van der Waals surface area contributed by atoms with Crippen LogP contribution in [-0.2, 0) is 17.6 Å². The van der Waals surface area contributed by atoms with Gasteiger partial charge in [0, 0.05) is 23.2 Å². The molecule has 0 radical (unpaired) electrons. The van der Waals surface area contributed by atoms with E-state index in [4.69, 9.17) is 17.3 Å². The molecule has 1 aliphatic rings. The summed E-state index contributed by atoms with van der Waals surface area (Å²) in [6, 6.07) is 2.01. The number of amides is 1. The molecule has 2 rings (SSSR count). The molecule has 1 aromatic rings. The summed E-state index contributed by atoms with van der Waals surface area (Å²) in [6.07, 6.45) is 2.02. The molecule has 1 amide bonds. The maximum absolute atomic E-state index is 11.5. The van der Waals surface area contributed by atoms with E-state index < -0.39 is 0 Å². The van der Waals surface area contributed by atoms with Gasteiger partial charge in [0.25, 0.3) is 0 Å². The van der Waals surface area contributed by atoms with Crippen molar-refractivity contribution in [2.45, 2.75) is 39.2 Å². The van der Waals surface area contributed by atoms with Crippen molar-refractivity contribution in [2.24, 2.45) is 5.73 Å². The SMILES string of the molecule is Cc1c(Cl)cc2c(c1CC(C)N)NC(=O)CC2. The molecule has 1 aliphatic heterocycles. The van der Waals surface area contributed by atoms with Crippen molar-refractivity contribution >= 4 is 23.2 Å². The van der Waals surface area contributed by atoms with Crippen molar-refractivity contribution in [3.8, 4) is 0 Å². The Morgan fingerprint density at radius 3 is 2.88 bits per heavy atom. The van der Waals surface area contributed by atoms with E-state index in [0.717, 1.165) is 40.2 Å². The molecule has 0 saturated heterocycles. The van der Waals surface area contributed by atoms with Gasteiger partial charge in [0.1, 0.15) is 0 Å². The quantitative estimate of drug-likeness (QED) is 0.849. The van der Waals surface area contributed by atoms with Crippen molar-refractivity contribution in [2.75, 3.05) is 5.32 Å². The highest BCUT2D eigenvalue weighted by molar-refractivity contribution is 6.31. The molecule has 0 fully saturated rings. The van der Waals surface area contributed by atoms with E-state index in [1.807, 2.05) is 19.9 Å². The van der Waals surface area contributed by atoms with Crippen molar-refractivity contribution < 1.29 is 4.79 Å². The molecule has 1 atom stereocenters. The first-order chi connectivity index (χ1) is 7.99. The van der Waals surface area contributed by atoms with E-state index >= 15 is 0 Å². The minimum Gasteiger partial charge on any atom is -0.328 e. The number of hydrogen-bond acceptors (Lipinski definition) is 2. The summed E-state index contributed by atoms with van der Waals surface area (Å²) < 4.78 is 0. The summed E-state index contributed by atoms with van der Waals surface area (Å²) in [5.74, 6) is 0.0742. The lowest BCUT2D eigenvalue weighted by atomic mass is 9.92. The molecular weight excluding hydrogens is 236 g/mol. The van der Waals surface area contributed by atoms with Crippen LogP contribution >= 0.6 is 11.6 Å². The summed E-state index contributed by atoms with van der Waals surface area (Å²) in [6.45, 7) is 3.93. The van der Waals surface area contributed by atoms with Crippen molar-refractivity contribution in [1.82, 2.24) is 0 Å². The Morgan fingerprint density at radius 1 is 1.53 bits per heavy atom. The smallest absolute Gasteiger partial charge is 0.224 e. The standard InChI is InChI=1S/C13H17ClN2O/c1-7(15)5-10-8(2)11(14)6-9-3-4-12(17)16-13(9)10/h6-7H,3-5,15H2,1-2H3,(H,16,17). The molecule has 3 N–H and O–H groups in total. The minimum atomic E-state index is 0.0510. The van der Waals surface area contributed by atoms with E-state index in [2.05, 4.69) is 5.32 Å². The fraction of sp³-hybridized carbons (Fsp3) is 0.462. The van der Waals surface area contributed by atoms with E-state index in [9.17, 15) is 4.79 Å². The number of carbonyl (C=O) groups excluding carboxylic acids is 1. The molecule has 1 heterocycles. The van der Waals surface area contributed by atoms with E-state index in [1.165, 1.54) is 0 Å². The molecule has 0 aliphatic carbocycles. The second kappa shape index (κ2) is 4.67. The lowest BCUT2D eigenvalue weighted by Crippen LogP contribution is -2.24. The largest absolute Gasteiger partial charge is 0.328 e. The third kappa shape index (κ3) is 2.45. The number of carbonyl (C=O) groups is 1. The number of fused-ring (bicyclic) bond motifs is 1. The lowest BCUT2D eigenvalue weighted by molar-refractivity contribution is -0.116. The molecule has 0 spiro atoms. The highest BCUT2D eigenvalue weighted by Crippen LogP contribution is 2.34. The number of aryl methyl sites for hydroxylation is 1. The number of halogens is 1. The van der Waals surface area contributed by atoms with Crippen molar-refractivity contribution in [3.63, 3.8) is 0 Å². The zero-order valence-electron chi connectivity index (χ0n) is 10.1. The highest BCUT2D eigenvalue weighted by atomic mass is 35.5. The predicted molar refractivity (Wildman–Crippen MR) is 70.5 cm³/mol. The zero-order valence-corrected chi connectivity index (χ0v) is 10.9. The van der Waals surface area contributed by atoms with E-state index in [-0.39, 0.29) is 11.9 Å². The first-order valence-electron chi connectivity index (χ1n) is 5.85. The van der Waals surface area contributed by atoms with Gasteiger partial charge in [0.15, 0.2) is 0 Å². The third-order valence-corrected chi connectivity index (χ3v) is 3.54. The van der Waals surface area contributed by atoms with E-state index in [1.54, 1.807) is 0 Å². The number of hydrogen-bond donors (Lipinski definition) is 2. The molecule has 1 aromatic carbocycles. The fourth-order valence-corrected chi connectivity index (χ4v) is 2.48. The summed E-state index contributed by atoms with van der Waals surface area (Å²) in [5.41, 5.74) is 10.0. The van der Waals surface area contributed by atoms with Crippen molar-refractivity contribution in [1.29, 1.82) is 0 Å². The van der Waals surface area contributed by atoms with Gasteiger partial charge in [-0.3, -0.25) is 4.79 Å². The van der Waals surface area contributed by atoms with Crippen LogP contribution in [-0.4, -0.2) is 11.9 Å². The Morgan fingerprint density at radius 2 is 2.24 bits per heavy atom. The third-order valence-electron chi connectivity index (χ3n) is 3.15. The van der Waals surface area contributed by atoms with Crippen LogP contribution in [0.5, 0.6) is 0 Å². The van der Waals surface area contributed by atoms with Crippen LogP contribution in [0.25, 0.3) is 0 Å². The molecule has 1 unspecified atom stereocenters. The summed E-state index contributed by atoms with van der Waals surface area (Å²) in [7, 11) is 0. The first kappa shape index (κ1) is 12.4. The molecule has 17 heavy (non-hydrogen) atoms. The van der Waals surface area contributed by atoms with Gasteiger partial charge in [-0.1, -0.05) is 11.6 Å². The first-order valence-corrected chi connectivity index (χ1v) is 6.23. The maximum atomic E-state index is 11.5. The molecule has 0 bridgehead atoms. The van der Waals surface area contributed by atoms with Crippen LogP contribution in [0.2, 0.25) is 5.02 Å². The monoisotopic (exact) mass is 252 g/mol. The molecule has 0 aromatic heterocycles. The Bertz CT molecular complexity index is 469. The Hall–Kier alpha value is -1.06. The van der Waals surface area contributed by atoms with Gasteiger partial charge < -0.3 is 11.1 Å². The molecular formula is C13H17ClN2O. The Labute approximate surface area is 106 Å². The minimum absolute atomic E-state index is 0.0510. The number of benzene rings is 1. The number of rotatable bonds is 2. The summed E-state index contributed by atoms with van der Waals surface area (Å²) in [4.78, 5) is 11.5. The predicted octanol–water partition coefficient (Wildman–Crippen LogP) is 2.42. The molecule has 92 valence electrons. The van der Waals surface area contributed by atoms with Gasteiger partial charge >= 0.3 is 0 Å². The van der Waals surface area contributed by atoms with Gasteiger partial charge in [-0.25, -0.2) is 0 Å². The van der Waals surface area contributed by atoms with Crippen LogP contribution in [0, 0.1) is 6.92 Å². The highest BCUT2D eigenvalue weighted by Gasteiger charge is 2.21.